The van der Waals surface area contributed by atoms with Crippen LogP contribution in [0.5, 0.6) is 11.5 Å². The monoisotopic (exact) mass is 412 g/mol. The molecule has 0 aliphatic heterocycles. The van der Waals surface area contributed by atoms with Crippen molar-refractivity contribution in [2.75, 3.05) is 13.7 Å². The normalized spacial score (nSPS) is 12.1. The molecule has 0 aliphatic carbocycles. The van der Waals surface area contributed by atoms with Crippen LogP contribution in [0.15, 0.2) is 42.5 Å². The Bertz CT molecular complexity index is 922. The first kappa shape index (κ1) is 23.1. The Hall–Kier alpha value is -3.15. The molecule has 2 rings (SSSR count). The van der Waals surface area contributed by atoms with E-state index in [-0.39, 0.29) is 17.0 Å². The Morgan fingerprint density at radius 2 is 1.53 bits per heavy atom. The van der Waals surface area contributed by atoms with E-state index in [0.717, 1.165) is 5.56 Å². The van der Waals surface area contributed by atoms with Crippen LogP contribution in [0.25, 0.3) is 0 Å². The van der Waals surface area contributed by atoms with E-state index in [1.165, 1.54) is 27.0 Å². The molecule has 160 valence electrons. The quantitative estimate of drug-likeness (QED) is 0.473. The molecule has 2 aromatic rings. The molecule has 0 spiro atoms. The number of benzene rings is 2. The van der Waals surface area contributed by atoms with Crippen LogP contribution in [-0.2, 0) is 14.9 Å². The highest BCUT2D eigenvalue weighted by molar-refractivity contribution is 6.00. The lowest BCUT2D eigenvalue weighted by Gasteiger charge is -2.19. The summed E-state index contributed by atoms with van der Waals surface area (Å²) in [5, 5.41) is 0. The minimum Gasteiger partial charge on any atom is -0.493 e. The third-order valence-corrected chi connectivity index (χ3v) is 4.63. The first-order chi connectivity index (χ1) is 14.0. The molecular formula is C24H28O6. The van der Waals surface area contributed by atoms with Gasteiger partial charge in [-0.05, 0) is 43.0 Å². The number of hydrogen-bond acceptors (Lipinski definition) is 6. The van der Waals surface area contributed by atoms with Gasteiger partial charge in [-0.15, -0.1) is 0 Å². The summed E-state index contributed by atoms with van der Waals surface area (Å²) in [7, 11) is 1.44. The van der Waals surface area contributed by atoms with E-state index >= 15 is 0 Å². The van der Waals surface area contributed by atoms with Crippen molar-refractivity contribution in [1.82, 2.24) is 0 Å². The molecule has 2 aromatic carbocycles. The maximum absolute atomic E-state index is 12.5. The molecule has 30 heavy (non-hydrogen) atoms. The van der Waals surface area contributed by atoms with Crippen molar-refractivity contribution < 1.29 is 28.6 Å². The molecule has 0 saturated carbocycles. The van der Waals surface area contributed by atoms with Crippen LogP contribution >= 0.6 is 0 Å². The lowest BCUT2D eigenvalue weighted by molar-refractivity contribution is -0.148. The van der Waals surface area contributed by atoms with Crippen molar-refractivity contribution in [2.24, 2.45) is 0 Å². The van der Waals surface area contributed by atoms with Crippen LogP contribution in [0.4, 0.5) is 0 Å². The number of methoxy groups -OCH3 is 1. The van der Waals surface area contributed by atoms with Crippen molar-refractivity contribution in [3.8, 4) is 11.5 Å². The Kier molecular flexibility index (Phi) is 7.38. The predicted molar refractivity (Wildman–Crippen MR) is 114 cm³/mol. The fourth-order valence-electron chi connectivity index (χ4n) is 2.80. The van der Waals surface area contributed by atoms with Gasteiger partial charge in [-0.25, -0.2) is 4.79 Å². The Labute approximate surface area is 177 Å². The number of esters is 1. The van der Waals surface area contributed by atoms with Crippen LogP contribution in [0.1, 0.15) is 60.9 Å². The van der Waals surface area contributed by atoms with Gasteiger partial charge in [-0.3, -0.25) is 9.59 Å². The molecule has 0 fully saturated rings. The molecule has 6 heteroatoms. The van der Waals surface area contributed by atoms with Crippen molar-refractivity contribution >= 4 is 17.5 Å². The maximum atomic E-state index is 12.5. The summed E-state index contributed by atoms with van der Waals surface area (Å²) in [6, 6.07) is 12.0. The molecule has 0 N–H and O–H groups in total. The summed E-state index contributed by atoms with van der Waals surface area (Å²) in [5.74, 6) is -0.441. The number of ketones is 2. The molecule has 0 amide bonds. The topological polar surface area (TPSA) is 78.9 Å². The fourth-order valence-corrected chi connectivity index (χ4v) is 2.80. The van der Waals surface area contributed by atoms with E-state index in [9.17, 15) is 14.4 Å². The van der Waals surface area contributed by atoms with Gasteiger partial charge in [0.2, 0.25) is 5.78 Å². The summed E-state index contributed by atoms with van der Waals surface area (Å²) in [5.41, 5.74) is 2.05. The molecule has 0 aromatic heterocycles. The summed E-state index contributed by atoms with van der Waals surface area (Å²) in [6.45, 7) is 8.86. The number of ether oxygens (including phenoxy) is 3. The zero-order valence-electron chi connectivity index (χ0n) is 18.3. The maximum Gasteiger partial charge on any atom is 0.344 e. The fraction of sp³-hybridized carbons (Fsp3) is 0.375. The third-order valence-electron chi connectivity index (χ3n) is 4.63. The van der Waals surface area contributed by atoms with Crippen LogP contribution < -0.4 is 9.47 Å². The largest absolute Gasteiger partial charge is 0.493 e. The highest BCUT2D eigenvalue weighted by Crippen LogP contribution is 2.28. The third kappa shape index (κ3) is 5.92. The first-order valence-electron chi connectivity index (χ1n) is 9.69. The van der Waals surface area contributed by atoms with Crippen molar-refractivity contribution in [1.29, 1.82) is 0 Å². The standard InChI is InChI=1S/C24H28O6/c1-15(25)18-9-12-20(21(13-18)28-6)29-14-22(26)30-16(2)23(27)17-7-10-19(11-8-17)24(3,4)5/h7-13,16H,14H2,1-6H3/t16-/m0/s1. The van der Waals surface area contributed by atoms with E-state index in [4.69, 9.17) is 14.2 Å². The van der Waals surface area contributed by atoms with Gasteiger partial charge in [-0.2, -0.15) is 0 Å². The van der Waals surface area contributed by atoms with E-state index in [0.29, 0.717) is 22.6 Å². The highest BCUT2D eigenvalue weighted by atomic mass is 16.6. The summed E-state index contributed by atoms with van der Waals surface area (Å²) in [4.78, 5) is 36.1. The van der Waals surface area contributed by atoms with Gasteiger partial charge >= 0.3 is 5.97 Å². The average molecular weight is 412 g/mol. The van der Waals surface area contributed by atoms with Crippen LogP contribution in [0, 0.1) is 0 Å². The second-order valence-electron chi connectivity index (χ2n) is 8.03. The summed E-state index contributed by atoms with van der Waals surface area (Å²) >= 11 is 0. The van der Waals surface area contributed by atoms with E-state index in [1.54, 1.807) is 24.3 Å². The van der Waals surface area contributed by atoms with Gasteiger partial charge in [0.1, 0.15) is 0 Å². The van der Waals surface area contributed by atoms with Crippen LogP contribution in [0.2, 0.25) is 0 Å². The molecule has 0 heterocycles. The average Bonchev–Trinajstić information content (AvgIpc) is 2.70. The molecule has 6 nitrogen and oxygen atoms in total. The highest BCUT2D eigenvalue weighted by Gasteiger charge is 2.21. The second-order valence-corrected chi connectivity index (χ2v) is 8.03. The number of carbonyl (C=O) groups is 3. The molecule has 0 radical (unpaired) electrons. The van der Waals surface area contributed by atoms with Crippen molar-refractivity contribution in [3.63, 3.8) is 0 Å². The molecule has 1 atom stereocenters. The van der Waals surface area contributed by atoms with Gasteiger partial charge in [0, 0.05) is 11.1 Å². The minimum atomic E-state index is -0.941. The van der Waals surface area contributed by atoms with E-state index < -0.39 is 18.7 Å². The predicted octanol–water partition coefficient (Wildman–Crippen LogP) is 4.39. The molecule has 0 saturated heterocycles. The SMILES string of the molecule is COc1cc(C(C)=O)ccc1OCC(=O)O[C@@H](C)C(=O)c1ccc(C(C)(C)C)cc1. The lowest BCUT2D eigenvalue weighted by atomic mass is 9.86. The molecule has 0 unspecified atom stereocenters. The summed E-state index contributed by atoms with van der Waals surface area (Å²) in [6.07, 6.45) is -0.941. The number of Topliss-reactive ketones (excluding diaryl/α,β-unsaturated/α-hetero) is 2. The van der Waals surface area contributed by atoms with Crippen molar-refractivity contribution in [2.45, 2.75) is 46.1 Å². The van der Waals surface area contributed by atoms with E-state index in [1.807, 2.05) is 12.1 Å². The zero-order chi connectivity index (χ0) is 22.5. The van der Waals surface area contributed by atoms with Gasteiger partial charge in [0.15, 0.2) is 30.0 Å². The smallest absolute Gasteiger partial charge is 0.344 e. The Balaban J connectivity index is 1.96. The molecule has 0 aliphatic rings. The van der Waals surface area contributed by atoms with Gasteiger partial charge in [-0.1, -0.05) is 45.0 Å². The first-order valence-corrected chi connectivity index (χ1v) is 9.69. The second kappa shape index (κ2) is 9.57. The van der Waals surface area contributed by atoms with Gasteiger partial charge in [0.25, 0.3) is 0 Å². The number of rotatable bonds is 8. The Morgan fingerprint density at radius 1 is 0.933 bits per heavy atom. The molecular weight excluding hydrogens is 384 g/mol. The molecule has 0 bridgehead atoms. The minimum absolute atomic E-state index is 0.0132. The van der Waals surface area contributed by atoms with Crippen LogP contribution in [-0.4, -0.2) is 37.4 Å². The zero-order valence-corrected chi connectivity index (χ0v) is 18.3. The lowest BCUT2D eigenvalue weighted by Crippen LogP contribution is -2.27. The van der Waals surface area contributed by atoms with Crippen LogP contribution in [0.3, 0.4) is 0 Å². The Morgan fingerprint density at radius 3 is 2.07 bits per heavy atom. The summed E-state index contributed by atoms with van der Waals surface area (Å²) < 4.78 is 15.9. The van der Waals surface area contributed by atoms with E-state index in [2.05, 4.69) is 20.8 Å². The van der Waals surface area contributed by atoms with Crippen molar-refractivity contribution in [3.05, 3.63) is 59.2 Å². The number of hydrogen-bond donors (Lipinski definition) is 0. The number of carbonyl (C=O) groups excluding carboxylic acids is 3. The van der Waals surface area contributed by atoms with Gasteiger partial charge < -0.3 is 14.2 Å². The van der Waals surface area contributed by atoms with Gasteiger partial charge in [0.05, 0.1) is 7.11 Å².